The Kier molecular flexibility index (Phi) is 5.46. The van der Waals surface area contributed by atoms with E-state index in [1.54, 1.807) is 4.90 Å². The number of likely N-dealkylation sites (tertiary alicyclic amines) is 1. The average Bonchev–Trinajstić information content (AvgIpc) is 2.84. The number of aliphatic hydroxyl groups is 1. The van der Waals surface area contributed by atoms with Crippen molar-refractivity contribution in [2.24, 2.45) is 11.8 Å². The van der Waals surface area contributed by atoms with E-state index >= 15 is 0 Å². The van der Waals surface area contributed by atoms with Gasteiger partial charge in [-0.15, -0.1) is 0 Å². The summed E-state index contributed by atoms with van der Waals surface area (Å²) in [5.74, 6) is 1.41. The lowest BCUT2D eigenvalue weighted by Crippen LogP contribution is -3.11. The third-order valence-electron chi connectivity index (χ3n) is 4.97. The summed E-state index contributed by atoms with van der Waals surface area (Å²) in [4.78, 5) is 1.55. The summed E-state index contributed by atoms with van der Waals surface area (Å²) in [6.45, 7) is 8.49. The molecule has 0 bridgehead atoms. The highest BCUT2D eigenvalue weighted by molar-refractivity contribution is 4.77. The second-order valence-corrected chi connectivity index (χ2v) is 6.45. The first-order valence-electron chi connectivity index (χ1n) is 7.80. The van der Waals surface area contributed by atoms with Gasteiger partial charge in [0.1, 0.15) is 12.6 Å². The Bertz CT molecular complexity index is 241. The zero-order chi connectivity index (χ0) is 13.0. The van der Waals surface area contributed by atoms with Crippen LogP contribution < -0.4 is 4.90 Å². The molecular weight excluding hydrogens is 226 g/mol. The molecule has 1 aliphatic heterocycles. The molecule has 0 aromatic heterocycles. The van der Waals surface area contributed by atoms with Crippen molar-refractivity contribution in [2.45, 2.75) is 58.2 Å². The third-order valence-corrected chi connectivity index (χ3v) is 4.97. The molecule has 106 valence electrons. The van der Waals surface area contributed by atoms with Gasteiger partial charge in [-0.25, -0.2) is 0 Å². The van der Waals surface area contributed by atoms with E-state index in [1.807, 2.05) is 0 Å². The van der Waals surface area contributed by atoms with Gasteiger partial charge in [-0.2, -0.15) is 0 Å². The average molecular weight is 256 g/mol. The van der Waals surface area contributed by atoms with Crippen molar-refractivity contribution in [3.8, 4) is 0 Å². The molecule has 1 saturated heterocycles. The quantitative estimate of drug-likeness (QED) is 0.765. The van der Waals surface area contributed by atoms with Crippen LogP contribution in [0.4, 0.5) is 0 Å². The lowest BCUT2D eigenvalue weighted by molar-refractivity contribution is -0.890. The molecule has 2 N–H and O–H groups in total. The number of hydrogen-bond acceptors (Lipinski definition) is 2. The van der Waals surface area contributed by atoms with Crippen LogP contribution in [0.1, 0.15) is 46.0 Å². The van der Waals surface area contributed by atoms with E-state index in [2.05, 4.69) is 13.8 Å². The molecule has 3 nitrogen and oxygen atoms in total. The summed E-state index contributed by atoms with van der Waals surface area (Å²) in [6.07, 6.45) is 6.53. The van der Waals surface area contributed by atoms with Crippen LogP contribution in [0, 0.1) is 11.8 Å². The van der Waals surface area contributed by atoms with Gasteiger partial charge in [0.25, 0.3) is 0 Å². The molecule has 0 amide bonds. The van der Waals surface area contributed by atoms with Crippen LogP contribution in [0.25, 0.3) is 0 Å². The van der Waals surface area contributed by atoms with Crippen LogP contribution >= 0.6 is 0 Å². The summed E-state index contributed by atoms with van der Waals surface area (Å²) in [6, 6.07) is 0. The van der Waals surface area contributed by atoms with Crippen LogP contribution in [0.5, 0.6) is 0 Å². The fraction of sp³-hybridized carbons (Fsp3) is 1.00. The number of ether oxygens (including phenoxy) is 1. The first kappa shape index (κ1) is 14.3. The largest absolute Gasteiger partial charge is 0.385 e. The highest BCUT2D eigenvalue weighted by atomic mass is 16.5. The predicted molar refractivity (Wildman–Crippen MR) is 72.7 cm³/mol. The monoisotopic (exact) mass is 256 g/mol. The summed E-state index contributed by atoms with van der Waals surface area (Å²) < 4.78 is 5.97. The van der Waals surface area contributed by atoms with E-state index in [0.717, 1.165) is 12.5 Å². The van der Waals surface area contributed by atoms with Gasteiger partial charge in [0, 0.05) is 12.8 Å². The number of aliphatic hydroxyl groups excluding tert-OH is 1. The summed E-state index contributed by atoms with van der Waals surface area (Å²) >= 11 is 0. The van der Waals surface area contributed by atoms with E-state index in [9.17, 15) is 5.11 Å². The minimum Gasteiger partial charge on any atom is -0.385 e. The van der Waals surface area contributed by atoms with Gasteiger partial charge in [-0.05, 0) is 18.3 Å². The minimum absolute atomic E-state index is 0.275. The second kappa shape index (κ2) is 6.88. The van der Waals surface area contributed by atoms with E-state index in [4.69, 9.17) is 4.74 Å². The molecule has 3 unspecified atom stereocenters. The van der Waals surface area contributed by atoms with Crippen LogP contribution in [-0.4, -0.2) is 43.6 Å². The number of nitrogens with one attached hydrogen (secondary N) is 1. The lowest BCUT2D eigenvalue weighted by Gasteiger charge is -2.34. The first-order valence-corrected chi connectivity index (χ1v) is 7.80. The molecule has 2 aliphatic rings. The molecule has 2 fully saturated rings. The molecule has 0 aromatic carbocycles. The molecule has 1 saturated carbocycles. The van der Waals surface area contributed by atoms with Gasteiger partial charge in [0.05, 0.1) is 25.8 Å². The van der Waals surface area contributed by atoms with Crippen molar-refractivity contribution in [3.05, 3.63) is 0 Å². The smallest absolute Gasteiger partial charge is 0.126 e. The highest BCUT2D eigenvalue weighted by Gasteiger charge is 2.28. The molecule has 1 aliphatic carbocycles. The van der Waals surface area contributed by atoms with Gasteiger partial charge < -0.3 is 14.7 Å². The molecule has 0 spiro atoms. The van der Waals surface area contributed by atoms with Crippen LogP contribution in [0.2, 0.25) is 0 Å². The Labute approximate surface area is 112 Å². The summed E-state index contributed by atoms with van der Waals surface area (Å²) in [5, 5.41) is 10.0. The van der Waals surface area contributed by atoms with E-state index in [-0.39, 0.29) is 6.10 Å². The highest BCUT2D eigenvalue weighted by Crippen LogP contribution is 2.31. The van der Waals surface area contributed by atoms with Crippen LogP contribution in [0.3, 0.4) is 0 Å². The SMILES string of the molecule is CC1CCCC(OC[C@H](O)C[NH+]2CCCC2)C1C. The van der Waals surface area contributed by atoms with Gasteiger partial charge in [0.2, 0.25) is 0 Å². The lowest BCUT2D eigenvalue weighted by atomic mass is 9.79. The Balaban J connectivity index is 1.66. The van der Waals surface area contributed by atoms with E-state index in [1.165, 1.54) is 45.2 Å². The fourth-order valence-corrected chi connectivity index (χ4v) is 3.47. The Hall–Kier alpha value is -0.120. The molecule has 3 heteroatoms. The number of hydrogen-bond donors (Lipinski definition) is 2. The number of quaternary nitrogens is 1. The maximum Gasteiger partial charge on any atom is 0.126 e. The molecule has 1 heterocycles. The van der Waals surface area contributed by atoms with Gasteiger partial charge >= 0.3 is 0 Å². The van der Waals surface area contributed by atoms with Crippen molar-refractivity contribution in [2.75, 3.05) is 26.2 Å². The molecule has 18 heavy (non-hydrogen) atoms. The Morgan fingerprint density at radius 3 is 2.61 bits per heavy atom. The predicted octanol–water partition coefficient (Wildman–Crippen LogP) is 0.867. The van der Waals surface area contributed by atoms with Crippen molar-refractivity contribution in [1.82, 2.24) is 0 Å². The maximum atomic E-state index is 10.0. The van der Waals surface area contributed by atoms with Crippen LogP contribution in [0.15, 0.2) is 0 Å². The standard InChI is InChI=1S/C15H29NO2/c1-12-6-5-7-15(13(12)2)18-11-14(17)10-16-8-3-4-9-16/h12-15,17H,3-11H2,1-2H3/p+1/t12?,13?,14-,15?/m1/s1. The zero-order valence-electron chi connectivity index (χ0n) is 12.0. The third kappa shape index (κ3) is 3.94. The van der Waals surface area contributed by atoms with Gasteiger partial charge in [0.15, 0.2) is 0 Å². The van der Waals surface area contributed by atoms with Crippen molar-refractivity contribution in [3.63, 3.8) is 0 Å². The van der Waals surface area contributed by atoms with E-state index < -0.39 is 0 Å². The summed E-state index contributed by atoms with van der Waals surface area (Å²) in [7, 11) is 0. The molecule has 2 rings (SSSR count). The van der Waals surface area contributed by atoms with Crippen molar-refractivity contribution >= 4 is 0 Å². The second-order valence-electron chi connectivity index (χ2n) is 6.45. The maximum absolute atomic E-state index is 10.0. The molecule has 4 atom stereocenters. The van der Waals surface area contributed by atoms with Crippen molar-refractivity contribution < 1.29 is 14.7 Å². The topological polar surface area (TPSA) is 33.9 Å². The summed E-state index contributed by atoms with van der Waals surface area (Å²) in [5.41, 5.74) is 0. The fourth-order valence-electron chi connectivity index (χ4n) is 3.47. The number of rotatable bonds is 5. The first-order chi connectivity index (χ1) is 8.66. The molecule has 0 radical (unpaired) electrons. The Morgan fingerprint density at radius 2 is 1.89 bits per heavy atom. The minimum atomic E-state index is -0.275. The zero-order valence-corrected chi connectivity index (χ0v) is 12.0. The van der Waals surface area contributed by atoms with Gasteiger partial charge in [-0.3, -0.25) is 0 Å². The molecule has 0 aromatic rings. The van der Waals surface area contributed by atoms with Crippen molar-refractivity contribution in [1.29, 1.82) is 0 Å². The van der Waals surface area contributed by atoms with Crippen LogP contribution in [-0.2, 0) is 4.74 Å². The normalized spacial score (nSPS) is 35.8. The van der Waals surface area contributed by atoms with E-state index in [0.29, 0.717) is 18.6 Å². The molecular formula is C15H30NO2+. The van der Waals surface area contributed by atoms with Gasteiger partial charge in [-0.1, -0.05) is 26.7 Å². The Morgan fingerprint density at radius 1 is 1.17 bits per heavy atom.